The fourth-order valence-electron chi connectivity index (χ4n) is 2.72. The molecule has 0 spiro atoms. The molecule has 1 aliphatic rings. The summed E-state index contributed by atoms with van der Waals surface area (Å²) < 4.78 is 15.8. The van der Waals surface area contributed by atoms with Crippen molar-refractivity contribution in [3.05, 3.63) is 23.8 Å². The third-order valence-electron chi connectivity index (χ3n) is 3.82. The second-order valence-electron chi connectivity index (χ2n) is 6.80. The van der Waals surface area contributed by atoms with Gasteiger partial charge in [-0.25, -0.2) is 4.79 Å². The predicted octanol–water partition coefficient (Wildman–Crippen LogP) is 3.29. The van der Waals surface area contributed by atoms with Crippen molar-refractivity contribution in [2.75, 3.05) is 20.8 Å². The molecule has 1 fully saturated rings. The molecule has 0 aromatic heterocycles. The molecule has 0 bridgehead atoms. The number of benzene rings is 1. The maximum Gasteiger partial charge on any atom is 0.410 e. The van der Waals surface area contributed by atoms with Crippen LogP contribution in [0.3, 0.4) is 0 Å². The second kappa shape index (κ2) is 7.11. The topological polar surface area (TPSA) is 65.1 Å². The number of carbonyl (C=O) groups excluding carboxylic acids is 2. The Morgan fingerprint density at radius 3 is 2.17 bits per heavy atom. The van der Waals surface area contributed by atoms with Crippen LogP contribution < -0.4 is 9.47 Å². The van der Waals surface area contributed by atoms with Gasteiger partial charge in [0.15, 0.2) is 5.78 Å². The quantitative estimate of drug-likeness (QED) is 0.790. The van der Waals surface area contributed by atoms with Crippen molar-refractivity contribution in [1.29, 1.82) is 0 Å². The van der Waals surface area contributed by atoms with Gasteiger partial charge in [0.1, 0.15) is 17.1 Å². The molecule has 1 aromatic carbocycles. The molecule has 1 heterocycles. The summed E-state index contributed by atoms with van der Waals surface area (Å²) in [6, 6.07) is 4.51. The van der Waals surface area contributed by atoms with Crippen molar-refractivity contribution in [2.24, 2.45) is 0 Å². The molecular weight excluding hydrogens is 310 g/mol. The molecule has 0 N–H and O–H groups in total. The van der Waals surface area contributed by atoms with Crippen molar-refractivity contribution in [2.45, 2.75) is 45.3 Å². The van der Waals surface area contributed by atoms with E-state index in [0.29, 0.717) is 30.0 Å². The van der Waals surface area contributed by atoms with E-state index in [1.165, 1.54) is 19.1 Å². The van der Waals surface area contributed by atoms with E-state index in [4.69, 9.17) is 14.2 Å². The van der Waals surface area contributed by atoms with Gasteiger partial charge in [0.25, 0.3) is 0 Å². The van der Waals surface area contributed by atoms with Crippen LogP contribution >= 0.6 is 0 Å². The number of ketones is 1. The normalized spacial score (nSPS) is 17.5. The van der Waals surface area contributed by atoms with Gasteiger partial charge in [-0.15, -0.1) is 0 Å². The summed E-state index contributed by atoms with van der Waals surface area (Å²) in [5.74, 6) is 0.953. The number of hydrogen-bond acceptors (Lipinski definition) is 5. The van der Waals surface area contributed by atoms with E-state index in [0.717, 1.165) is 6.42 Å². The Balaban J connectivity index is 2.23. The van der Waals surface area contributed by atoms with Crippen LogP contribution in [0.25, 0.3) is 0 Å². The standard InChI is InChI=1S/C18H25NO5/c1-18(2,3)24-17(21)19-8-6-7-15(19)16(20)12-9-13(22-4)11-14(10-12)23-5/h9-11,15H,6-8H2,1-5H3/t15-/m1/s1. The summed E-state index contributed by atoms with van der Waals surface area (Å²) >= 11 is 0. The summed E-state index contributed by atoms with van der Waals surface area (Å²) in [6.45, 7) is 5.95. The number of ether oxygens (including phenoxy) is 3. The van der Waals surface area contributed by atoms with Crippen molar-refractivity contribution in [3.8, 4) is 11.5 Å². The lowest BCUT2D eigenvalue weighted by Gasteiger charge is -2.28. The Morgan fingerprint density at radius 2 is 1.67 bits per heavy atom. The van der Waals surface area contributed by atoms with Gasteiger partial charge < -0.3 is 14.2 Å². The van der Waals surface area contributed by atoms with E-state index in [1.807, 2.05) is 20.8 Å². The van der Waals surface area contributed by atoms with Crippen LogP contribution in [-0.2, 0) is 4.74 Å². The summed E-state index contributed by atoms with van der Waals surface area (Å²) in [6.07, 6.45) is 0.946. The third kappa shape index (κ3) is 4.19. The molecular formula is C18H25NO5. The predicted molar refractivity (Wildman–Crippen MR) is 89.8 cm³/mol. The highest BCUT2D eigenvalue weighted by molar-refractivity contribution is 6.02. The molecule has 0 saturated carbocycles. The number of methoxy groups -OCH3 is 2. The zero-order valence-corrected chi connectivity index (χ0v) is 14.9. The van der Waals surface area contributed by atoms with Crippen molar-refractivity contribution in [1.82, 2.24) is 4.90 Å². The molecule has 6 heteroatoms. The third-order valence-corrected chi connectivity index (χ3v) is 3.82. The van der Waals surface area contributed by atoms with Crippen LogP contribution in [0.1, 0.15) is 44.0 Å². The fourth-order valence-corrected chi connectivity index (χ4v) is 2.72. The Hall–Kier alpha value is -2.24. The van der Waals surface area contributed by atoms with Gasteiger partial charge in [-0.2, -0.15) is 0 Å². The first-order chi connectivity index (χ1) is 11.2. The van der Waals surface area contributed by atoms with E-state index in [1.54, 1.807) is 18.2 Å². The van der Waals surface area contributed by atoms with Crippen LogP contribution in [-0.4, -0.2) is 49.2 Å². The lowest BCUT2D eigenvalue weighted by atomic mass is 10.0. The Morgan fingerprint density at radius 1 is 1.08 bits per heavy atom. The van der Waals surface area contributed by atoms with Crippen molar-refractivity contribution in [3.63, 3.8) is 0 Å². The number of nitrogens with zero attached hydrogens (tertiary/aromatic N) is 1. The molecule has 0 radical (unpaired) electrons. The molecule has 1 saturated heterocycles. The number of Topliss-reactive ketones (excluding diaryl/α,β-unsaturated/α-hetero) is 1. The number of carbonyl (C=O) groups is 2. The number of rotatable bonds is 4. The smallest absolute Gasteiger partial charge is 0.410 e. The Kier molecular flexibility index (Phi) is 5.36. The van der Waals surface area contributed by atoms with Crippen molar-refractivity contribution < 1.29 is 23.8 Å². The minimum absolute atomic E-state index is 0.129. The van der Waals surface area contributed by atoms with Gasteiger partial charge in [0.05, 0.1) is 20.3 Å². The number of hydrogen-bond donors (Lipinski definition) is 0. The van der Waals surface area contributed by atoms with Gasteiger partial charge in [-0.1, -0.05) is 0 Å². The highest BCUT2D eigenvalue weighted by Crippen LogP contribution is 2.28. The Labute approximate surface area is 142 Å². The minimum Gasteiger partial charge on any atom is -0.497 e. The average molecular weight is 335 g/mol. The number of amides is 1. The van der Waals surface area contributed by atoms with E-state index in [9.17, 15) is 9.59 Å². The first-order valence-corrected chi connectivity index (χ1v) is 8.02. The first-order valence-electron chi connectivity index (χ1n) is 8.02. The Bertz CT molecular complexity index is 598. The van der Waals surface area contributed by atoms with Crippen LogP contribution in [0, 0.1) is 0 Å². The van der Waals surface area contributed by atoms with Gasteiger partial charge >= 0.3 is 6.09 Å². The lowest BCUT2D eigenvalue weighted by Crippen LogP contribution is -2.43. The SMILES string of the molecule is COc1cc(OC)cc(C(=O)[C@H]2CCCN2C(=O)OC(C)(C)C)c1. The van der Waals surface area contributed by atoms with Crippen LogP contribution in [0.4, 0.5) is 4.79 Å². The second-order valence-corrected chi connectivity index (χ2v) is 6.80. The van der Waals surface area contributed by atoms with E-state index in [-0.39, 0.29) is 5.78 Å². The van der Waals surface area contributed by atoms with E-state index >= 15 is 0 Å². The highest BCUT2D eigenvalue weighted by Gasteiger charge is 2.37. The summed E-state index contributed by atoms with van der Waals surface area (Å²) in [5.41, 5.74) is -0.126. The minimum atomic E-state index is -0.591. The van der Waals surface area contributed by atoms with Gasteiger partial charge in [-0.3, -0.25) is 9.69 Å². The summed E-state index contributed by atoms with van der Waals surface area (Å²) in [7, 11) is 3.07. The molecule has 0 unspecified atom stereocenters. The molecule has 24 heavy (non-hydrogen) atoms. The first kappa shape index (κ1) is 18.1. The van der Waals surface area contributed by atoms with Gasteiger partial charge in [-0.05, 0) is 45.7 Å². The molecule has 1 amide bonds. The fraction of sp³-hybridized carbons (Fsp3) is 0.556. The van der Waals surface area contributed by atoms with Crippen LogP contribution in [0.5, 0.6) is 11.5 Å². The molecule has 132 valence electrons. The molecule has 1 aliphatic heterocycles. The van der Waals surface area contributed by atoms with E-state index < -0.39 is 17.7 Å². The molecule has 2 rings (SSSR count). The molecule has 1 atom stereocenters. The zero-order valence-electron chi connectivity index (χ0n) is 14.9. The molecule has 1 aromatic rings. The molecule has 6 nitrogen and oxygen atoms in total. The summed E-state index contributed by atoms with van der Waals surface area (Å²) in [5, 5.41) is 0. The maximum absolute atomic E-state index is 12.9. The zero-order chi connectivity index (χ0) is 17.9. The van der Waals surface area contributed by atoms with Gasteiger partial charge in [0.2, 0.25) is 0 Å². The molecule has 0 aliphatic carbocycles. The summed E-state index contributed by atoms with van der Waals surface area (Å²) in [4.78, 5) is 26.8. The highest BCUT2D eigenvalue weighted by atomic mass is 16.6. The van der Waals surface area contributed by atoms with Crippen LogP contribution in [0.2, 0.25) is 0 Å². The number of likely N-dealkylation sites (tertiary alicyclic amines) is 1. The lowest BCUT2D eigenvalue weighted by molar-refractivity contribution is 0.0222. The largest absolute Gasteiger partial charge is 0.497 e. The monoisotopic (exact) mass is 335 g/mol. The van der Waals surface area contributed by atoms with Crippen molar-refractivity contribution >= 4 is 11.9 Å². The average Bonchev–Trinajstić information content (AvgIpc) is 3.01. The van der Waals surface area contributed by atoms with Crippen LogP contribution in [0.15, 0.2) is 18.2 Å². The van der Waals surface area contributed by atoms with E-state index in [2.05, 4.69) is 0 Å². The van der Waals surface area contributed by atoms with Gasteiger partial charge in [0, 0.05) is 18.2 Å². The maximum atomic E-state index is 12.9.